The molecule has 0 saturated heterocycles. The number of hydrogen-bond donors (Lipinski definition) is 0. The van der Waals surface area contributed by atoms with Gasteiger partial charge in [-0.1, -0.05) is 19.2 Å². The Morgan fingerprint density at radius 2 is 2.10 bits per heavy atom. The first-order valence-electron chi connectivity index (χ1n) is 2.78. The summed E-state index contributed by atoms with van der Waals surface area (Å²) < 4.78 is 4.34. The fraction of sp³-hybridized carbons (Fsp3) is 0.125. The maximum absolute atomic E-state index is 10.4. The molecule has 0 aliphatic rings. The van der Waals surface area contributed by atoms with Gasteiger partial charge in [0.15, 0.2) is 0 Å². The molecule has 0 aromatic rings. The minimum Gasteiger partial charge on any atom is -0.466 e. The van der Waals surface area contributed by atoms with E-state index in [0.717, 1.165) is 0 Å². The lowest BCUT2D eigenvalue weighted by atomic mass is 10.3. The van der Waals surface area contributed by atoms with Gasteiger partial charge in [-0.2, -0.15) is 0 Å². The Balaban J connectivity index is 3.87. The second-order valence-electron chi connectivity index (χ2n) is 1.64. The van der Waals surface area contributed by atoms with E-state index in [0.29, 0.717) is 5.57 Å². The van der Waals surface area contributed by atoms with Crippen molar-refractivity contribution in [1.82, 2.24) is 0 Å². The lowest BCUT2D eigenvalue weighted by Gasteiger charge is -1.88. The Bertz CT molecular complexity index is 178. The van der Waals surface area contributed by atoms with E-state index in [2.05, 4.69) is 17.9 Å². The van der Waals surface area contributed by atoms with E-state index in [4.69, 9.17) is 0 Å². The molecule has 54 valence electrons. The quantitative estimate of drug-likeness (QED) is 0.335. The number of esters is 1. The van der Waals surface area contributed by atoms with Crippen molar-refractivity contribution in [3.05, 3.63) is 37.0 Å². The van der Waals surface area contributed by atoms with Crippen molar-refractivity contribution in [3.8, 4) is 0 Å². The third kappa shape index (κ3) is 3.66. The van der Waals surface area contributed by atoms with E-state index in [-0.39, 0.29) is 5.97 Å². The van der Waals surface area contributed by atoms with Gasteiger partial charge in [-0.15, -0.1) is 0 Å². The van der Waals surface area contributed by atoms with E-state index in [1.807, 2.05) is 0 Å². The van der Waals surface area contributed by atoms with Crippen LogP contribution in [0.25, 0.3) is 0 Å². The normalized spacial score (nSPS) is 9.30. The topological polar surface area (TPSA) is 26.3 Å². The van der Waals surface area contributed by atoms with Crippen molar-refractivity contribution in [2.24, 2.45) is 0 Å². The van der Waals surface area contributed by atoms with Crippen molar-refractivity contribution in [1.29, 1.82) is 0 Å². The molecule has 0 atom stereocenters. The van der Waals surface area contributed by atoms with Crippen molar-refractivity contribution < 1.29 is 9.53 Å². The highest BCUT2D eigenvalue weighted by atomic mass is 16.5. The van der Waals surface area contributed by atoms with Gasteiger partial charge in [0.2, 0.25) is 0 Å². The number of carbonyl (C=O) groups is 1. The first kappa shape index (κ1) is 8.69. The molecule has 0 radical (unpaired) electrons. The van der Waals surface area contributed by atoms with Crippen LogP contribution in [0.1, 0.15) is 0 Å². The number of ether oxygens (including phenoxy) is 1. The van der Waals surface area contributed by atoms with Crippen LogP contribution in [-0.2, 0) is 9.53 Å². The Hall–Kier alpha value is -1.31. The van der Waals surface area contributed by atoms with Crippen molar-refractivity contribution in [3.63, 3.8) is 0 Å². The highest BCUT2D eigenvalue weighted by Crippen LogP contribution is 1.92. The predicted octanol–water partition coefficient (Wildman–Crippen LogP) is 1.46. The fourth-order valence-electron chi connectivity index (χ4n) is 0.311. The summed E-state index contributed by atoms with van der Waals surface area (Å²) in [6.07, 6.45) is 4.39. The summed E-state index contributed by atoms with van der Waals surface area (Å²) in [5.74, 6) is -0.386. The largest absolute Gasteiger partial charge is 0.466 e. The summed E-state index contributed by atoms with van der Waals surface area (Å²) in [4.78, 5) is 10.4. The minimum atomic E-state index is -0.386. The zero-order chi connectivity index (χ0) is 7.98. The van der Waals surface area contributed by atoms with Crippen molar-refractivity contribution in [2.45, 2.75) is 0 Å². The lowest BCUT2D eigenvalue weighted by Crippen LogP contribution is -1.93. The number of carbonyl (C=O) groups excluding carboxylic acids is 1. The van der Waals surface area contributed by atoms with Crippen LogP contribution >= 0.6 is 0 Å². The van der Waals surface area contributed by atoms with Gasteiger partial charge in [0, 0.05) is 6.08 Å². The molecule has 0 aliphatic heterocycles. The molecular weight excluding hydrogens is 128 g/mol. The Morgan fingerprint density at radius 3 is 2.50 bits per heavy atom. The van der Waals surface area contributed by atoms with Crippen LogP contribution in [0.2, 0.25) is 0 Å². The van der Waals surface area contributed by atoms with Crippen molar-refractivity contribution in [2.75, 3.05) is 7.11 Å². The van der Waals surface area contributed by atoms with Crippen LogP contribution < -0.4 is 0 Å². The molecule has 0 spiro atoms. The van der Waals surface area contributed by atoms with Crippen LogP contribution in [0.5, 0.6) is 0 Å². The third-order valence-electron chi connectivity index (χ3n) is 0.897. The Kier molecular flexibility index (Phi) is 3.96. The molecule has 10 heavy (non-hydrogen) atoms. The summed E-state index contributed by atoms with van der Waals surface area (Å²) in [6.45, 7) is 7.03. The van der Waals surface area contributed by atoms with Crippen LogP contribution in [-0.4, -0.2) is 13.1 Å². The van der Waals surface area contributed by atoms with Crippen LogP contribution in [0.4, 0.5) is 0 Å². The van der Waals surface area contributed by atoms with Crippen molar-refractivity contribution >= 4 is 5.97 Å². The maximum Gasteiger partial charge on any atom is 0.330 e. The van der Waals surface area contributed by atoms with Gasteiger partial charge in [-0.25, -0.2) is 4.79 Å². The number of rotatable bonds is 3. The molecule has 0 aromatic heterocycles. The molecule has 0 unspecified atom stereocenters. The smallest absolute Gasteiger partial charge is 0.330 e. The molecular formula is C8H10O2. The Labute approximate surface area is 60.5 Å². The summed E-state index contributed by atoms with van der Waals surface area (Å²) in [5, 5.41) is 0. The summed E-state index contributed by atoms with van der Waals surface area (Å²) in [7, 11) is 1.32. The van der Waals surface area contributed by atoms with Crippen LogP contribution in [0.15, 0.2) is 37.0 Å². The molecule has 2 heteroatoms. The van der Waals surface area contributed by atoms with E-state index < -0.39 is 0 Å². The standard InChI is InChI=1S/C8H10O2/c1-4-7(2)5-6-8(9)10-3/h4-6H,1-2H2,3H3/b6-5+. The molecule has 0 heterocycles. The second kappa shape index (κ2) is 4.56. The minimum absolute atomic E-state index is 0.386. The first-order valence-corrected chi connectivity index (χ1v) is 2.78. The summed E-state index contributed by atoms with van der Waals surface area (Å²) in [6, 6.07) is 0. The van der Waals surface area contributed by atoms with Gasteiger partial charge in [-0.3, -0.25) is 0 Å². The van der Waals surface area contributed by atoms with Gasteiger partial charge in [-0.05, 0) is 11.6 Å². The van der Waals surface area contributed by atoms with Gasteiger partial charge in [0.05, 0.1) is 7.11 Å². The second-order valence-corrected chi connectivity index (χ2v) is 1.64. The molecule has 0 N–H and O–H groups in total. The number of allylic oxidation sites excluding steroid dienone is 3. The van der Waals surface area contributed by atoms with Crippen LogP contribution in [0, 0.1) is 0 Å². The van der Waals surface area contributed by atoms with E-state index in [1.54, 1.807) is 12.2 Å². The number of hydrogen-bond acceptors (Lipinski definition) is 2. The molecule has 2 nitrogen and oxygen atoms in total. The highest BCUT2D eigenvalue weighted by Gasteiger charge is 1.88. The molecule has 0 amide bonds. The third-order valence-corrected chi connectivity index (χ3v) is 0.897. The fourth-order valence-corrected chi connectivity index (χ4v) is 0.311. The maximum atomic E-state index is 10.4. The average molecular weight is 138 g/mol. The van der Waals surface area contributed by atoms with E-state index in [9.17, 15) is 4.79 Å². The Morgan fingerprint density at radius 1 is 1.50 bits per heavy atom. The molecule has 0 aliphatic carbocycles. The van der Waals surface area contributed by atoms with Gasteiger partial charge in [0.25, 0.3) is 0 Å². The van der Waals surface area contributed by atoms with Gasteiger partial charge < -0.3 is 4.74 Å². The molecule has 0 aromatic carbocycles. The average Bonchev–Trinajstić information content (AvgIpc) is 1.99. The summed E-state index contributed by atoms with van der Waals surface area (Å²) in [5.41, 5.74) is 0.686. The predicted molar refractivity (Wildman–Crippen MR) is 40.5 cm³/mol. The SMILES string of the molecule is C=CC(=C)/C=C/C(=O)OC. The van der Waals surface area contributed by atoms with E-state index >= 15 is 0 Å². The first-order chi connectivity index (χ1) is 4.70. The summed E-state index contributed by atoms with van der Waals surface area (Å²) >= 11 is 0. The lowest BCUT2D eigenvalue weighted by molar-refractivity contribution is -0.134. The monoisotopic (exact) mass is 138 g/mol. The molecule has 0 bridgehead atoms. The van der Waals surface area contributed by atoms with Gasteiger partial charge >= 0.3 is 5.97 Å². The van der Waals surface area contributed by atoms with Gasteiger partial charge in [0.1, 0.15) is 0 Å². The van der Waals surface area contributed by atoms with E-state index in [1.165, 1.54) is 13.2 Å². The zero-order valence-corrected chi connectivity index (χ0v) is 5.96. The molecule has 0 saturated carbocycles. The molecule has 0 fully saturated rings. The van der Waals surface area contributed by atoms with Crippen LogP contribution in [0.3, 0.4) is 0 Å². The molecule has 0 rings (SSSR count). The zero-order valence-electron chi connectivity index (χ0n) is 5.96. The highest BCUT2D eigenvalue weighted by molar-refractivity contribution is 5.82. The number of methoxy groups -OCH3 is 1.